The molecule has 0 aliphatic carbocycles. The first-order chi connectivity index (χ1) is 8.48. The van der Waals surface area contributed by atoms with Gasteiger partial charge in [0.05, 0.1) is 24.7 Å². The Balaban J connectivity index is 2.58. The lowest BCUT2D eigenvalue weighted by Gasteiger charge is -2.26. The Morgan fingerprint density at radius 1 is 1.39 bits per heavy atom. The zero-order valence-corrected chi connectivity index (χ0v) is 12.0. The van der Waals surface area contributed by atoms with Crippen molar-refractivity contribution in [2.75, 3.05) is 31.2 Å². The van der Waals surface area contributed by atoms with E-state index in [1.165, 1.54) is 0 Å². The van der Waals surface area contributed by atoms with Crippen LogP contribution in [0, 0.1) is 0 Å². The first kappa shape index (κ1) is 15.4. The number of esters is 1. The van der Waals surface area contributed by atoms with Crippen LogP contribution in [0.1, 0.15) is 33.1 Å². The van der Waals surface area contributed by atoms with Gasteiger partial charge in [0.15, 0.2) is 9.84 Å². The summed E-state index contributed by atoms with van der Waals surface area (Å²) >= 11 is 0. The molecule has 0 spiro atoms. The molecule has 0 saturated carbocycles. The maximum atomic E-state index is 11.5. The zero-order valence-electron chi connectivity index (χ0n) is 11.2. The van der Waals surface area contributed by atoms with Crippen LogP contribution in [0.25, 0.3) is 0 Å². The third-order valence-corrected chi connectivity index (χ3v) is 4.91. The summed E-state index contributed by atoms with van der Waals surface area (Å²) < 4.78 is 27.9. The van der Waals surface area contributed by atoms with Crippen molar-refractivity contribution in [1.29, 1.82) is 0 Å². The third-order valence-electron chi connectivity index (χ3n) is 3.16. The molecule has 18 heavy (non-hydrogen) atoms. The van der Waals surface area contributed by atoms with Gasteiger partial charge in [0.25, 0.3) is 0 Å². The van der Waals surface area contributed by atoms with Crippen molar-refractivity contribution in [2.24, 2.45) is 0 Å². The highest BCUT2D eigenvalue weighted by molar-refractivity contribution is 7.91. The quantitative estimate of drug-likeness (QED) is 0.645. The number of hydrogen-bond donors (Lipinski definition) is 0. The van der Waals surface area contributed by atoms with Gasteiger partial charge in [-0.15, -0.1) is 0 Å². The first-order valence-electron chi connectivity index (χ1n) is 6.58. The van der Waals surface area contributed by atoms with Gasteiger partial charge in [-0.05, 0) is 26.3 Å². The second-order valence-electron chi connectivity index (χ2n) is 4.69. The number of sulfone groups is 1. The fraction of sp³-hybridized carbons (Fsp3) is 0.917. The Morgan fingerprint density at radius 3 is 2.61 bits per heavy atom. The molecule has 6 heteroatoms. The molecule has 1 aliphatic heterocycles. The molecular weight excluding hydrogens is 254 g/mol. The first-order valence-corrected chi connectivity index (χ1v) is 8.40. The minimum absolute atomic E-state index is 0.0223. The van der Waals surface area contributed by atoms with Gasteiger partial charge >= 0.3 is 5.97 Å². The van der Waals surface area contributed by atoms with E-state index in [9.17, 15) is 13.2 Å². The van der Waals surface area contributed by atoms with Crippen LogP contribution >= 0.6 is 0 Å². The van der Waals surface area contributed by atoms with E-state index in [0.29, 0.717) is 13.0 Å². The molecule has 0 aromatic heterocycles. The predicted molar refractivity (Wildman–Crippen MR) is 70.2 cm³/mol. The maximum absolute atomic E-state index is 11.5. The summed E-state index contributed by atoms with van der Waals surface area (Å²) in [5, 5.41) is 0. The molecular formula is C12H23NO4S. The van der Waals surface area contributed by atoms with E-state index in [1.807, 2.05) is 4.90 Å². The van der Waals surface area contributed by atoms with Crippen molar-refractivity contribution >= 4 is 15.8 Å². The summed E-state index contributed by atoms with van der Waals surface area (Å²) in [5.74, 6) is 0.150. The molecule has 1 atom stereocenters. The SMILES string of the molecule is CCCCN(CC(=O)OCC)C1CCS(=O)(=O)C1. The van der Waals surface area contributed by atoms with Crippen LogP contribution < -0.4 is 0 Å². The summed E-state index contributed by atoms with van der Waals surface area (Å²) in [5.41, 5.74) is 0. The van der Waals surface area contributed by atoms with E-state index in [2.05, 4.69) is 6.92 Å². The zero-order chi connectivity index (χ0) is 13.6. The van der Waals surface area contributed by atoms with E-state index in [-0.39, 0.29) is 30.1 Å². The summed E-state index contributed by atoms with van der Waals surface area (Å²) in [6.45, 7) is 5.18. The van der Waals surface area contributed by atoms with Gasteiger partial charge in [-0.3, -0.25) is 9.69 Å². The topological polar surface area (TPSA) is 63.7 Å². The average molecular weight is 277 g/mol. The van der Waals surface area contributed by atoms with E-state index in [1.54, 1.807) is 6.92 Å². The fourth-order valence-electron chi connectivity index (χ4n) is 2.19. The lowest BCUT2D eigenvalue weighted by molar-refractivity contribution is -0.145. The van der Waals surface area contributed by atoms with Gasteiger partial charge < -0.3 is 4.74 Å². The highest BCUT2D eigenvalue weighted by Gasteiger charge is 2.32. The Hall–Kier alpha value is -0.620. The summed E-state index contributed by atoms with van der Waals surface area (Å²) in [6.07, 6.45) is 2.63. The molecule has 0 aromatic rings. The minimum atomic E-state index is -2.91. The van der Waals surface area contributed by atoms with Crippen molar-refractivity contribution in [3.63, 3.8) is 0 Å². The molecule has 106 valence electrons. The molecule has 0 radical (unpaired) electrons. The Bertz CT molecular complexity index is 366. The molecule has 1 fully saturated rings. The standard InChI is InChI=1S/C12H23NO4S/c1-3-5-7-13(9-12(14)17-4-2)11-6-8-18(15,16)10-11/h11H,3-10H2,1-2H3. The highest BCUT2D eigenvalue weighted by Crippen LogP contribution is 2.18. The Kier molecular flexibility index (Phi) is 6.08. The van der Waals surface area contributed by atoms with E-state index in [4.69, 9.17) is 4.74 Å². The van der Waals surface area contributed by atoms with Crippen LogP contribution in [0.2, 0.25) is 0 Å². The number of carbonyl (C=O) groups is 1. The maximum Gasteiger partial charge on any atom is 0.320 e. The van der Waals surface area contributed by atoms with Crippen LogP contribution in [-0.4, -0.2) is 56.5 Å². The Labute approximate surface area is 109 Å². The third kappa shape index (κ3) is 4.94. The molecule has 1 aliphatic rings. The summed E-state index contributed by atoms with van der Waals surface area (Å²) in [6, 6.07) is -0.0223. The molecule has 1 rings (SSSR count). The molecule has 0 N–H and O–H groups in total. The number of nitrogens with zero attached hydrogens (tertiary/aromatic N) is 1. The van der Waals surface area contributed by atoms with Crippen LogP contribution in [0.5, 0.6) is 0 Å². The van der Waals surface area contributed by atoms with Gasteiger partial charge in [-0.2, -0.15) is 0 Å². The molecule has 5 nitrogen and oxygen atoms in total. The number of unbranched alkanes of at least 4 members (excludes halogenated alkanes) is 1. The highest BCUT2D eigenvalue weighted by atomic mass is 32.2. The van der Waals surface area contributed by atoms with E-state index >= 15 is 0 Å². The van der Waals surface area contributed by atoms with Gasteiger partial charge in [0.1, 0.15) is 0 Å². The smallest absolute Gasteiger partial charge is 0.320 e. The molecule has 1 unspecified atom stereocenters. The summed E-state index contributed by atoms with van der Waals surface area (Å²) in [7, 11) is -2.91. The van der Waals surface area contributed by atoms with Crippen molar-refractivity contribution in [3.8, 4) is 0 Å². The molecule has 0 amide bonds. The Morgan fingerprint density at radius 2 is 2.11 bits per heavy atom. The second kappa shape index (κ2) is 7.09. The van der Waals surface area contributed by atoms with Crippen molar-refractivity contribution < 1.29 is 17.9 Å². The number of carbonyl (C=O) groups excluding carboxylic acids is 1. The predicted octanol–water partition coefficient (Wildman–Crippen LogP) is 0.839. The van der Waals surface area contributed by atoms with Crippen LogP contribution in [-0.2, 0) is 19.4 Å². The van der Waals surface area contributed by atoms with Gasteiger partial charge in [-0.1, -0.05) is 13.3 Å². The van der Waals surface area contributed by atoms with Gasteiger partial charge in [0, 0.05) is 6.04 Å². The molecule has 0 bridgehead atoms. The van der Waals surface area contributed by atoms with Gasteiger partial charge in [0.2, 0.25) is 0 Å². The molecule has 1 saturated heterocycles. The number of ether oxygens (including phenoxy) is 1. The number of rotatable bonds is 7. The fourth-order valence-corrected chi connectivity index (χ4v) is 3.95. The van der Waals surface area contributed by atoms with Crippen LogP contribution in [0.4, 0.5) is 0 Å². The van der Waals surface area contributed by atoms with Crippen LogP contribution in [0.3, 0.4) is 0 Å². The lowest BCUT2D eigenvalue weighted by Crippen LogP contribution is -2.41. The molecule has 0 aromatic carbocycles. The number of hydrogen-bond acceptors (Lipinski definition) is 5. The molecule has 1 heterocycles. The van der Waals surface area contributed by atoms with Gasteiger partial charge in [-0.25, -0.2) is 8.42 Å². The van der Waals surface area contributed by atoms with Crippen molar-refractivity contribution in [2.45, 2.75) is 39.2 Å². The van der Waals surface area contributed by atoms with Crippen molar-refractivity contribution in [3.05, 3.63) is 0 Å². The van der Waals surface area contributed by atoms with E-state index in [0.717, 1.165) is 19.4 Å². The average Bonchev–Trinajstić information content (AvgIpc) is 2.65. The van der Waals surface area contributed by atoms with E-state index < -0.39 is 9.84 Å². The minimum Gasteiger partial charge on any atom is -0.465 e. The van der Waals surface area contributed by atoms with Crippen LogP contribution in [0.15, 0.2) is 0 Å². The second-order valence-corrected chi connectivity index (χ2v) is 6.91. The lowest BCUT2D eigenvalue weighted by atomic mass is 10.2. The van der Waals surface area contributed by atoms with Crippen molar-refractivity contribution in [1.82, 2.24) is 4.90 Å². The monoisotopic (exact) mass is 277 g/mol. The largest absolute Gasteiger partial charge is 0.465 e. The summed E-state index contributed by atoms with van der Waals surface area (Å²) in [4.78, 5) is 13.5. The normalized spacial score (nSPS) is 22.3.